The highest BCUT2D eigenvalue weighted by molar-refractivity contribution is 5.62. The van der Waals surface area contributed by atoms with Crippen molar-refractivity contribution in [3.05, 3.63) is 58.5 Å². The predicted molar refractivity (Wildman–Crippen MR) is 91.6 cm³/mol. The molecule has 0 radical (unpaired) electrons. The molecule has 0 amide bonds. The van der Waals surface area contributed by atoms with Gasteiger partial charge in [0.25, 0.3) is 5.56 Å². The number of halogens is 3. The standard InChI is InChI=1S/C19H22F3NO2/c1-14(2)13-25-10-9-23-8-7-17(11-18(23)24)16-5-3-15(4-6-16)12-19(20,21)22/h3-8,11,14H,9-10,12-13H2,1-2H3. The first-order valence-electron chi connectivity index (χ1n) is 8.19. The number of rotatable bonds is 7. The second-order valence-corrected chi connectivity index (χ2v) is 6.40. The highest BCUT2D eigenvalue weighted by Crippen LogP contribution is 2.23. The fourth-order valence-corrected chi connectivity index (χ4v) is 2.40. The number of hydrogen-bond acceptors (Lipinski definition) is 2. The molecule has 0 saturated carbocycles. The van der Waals surface area contributed by atoms with Crippen molar-refractivity contribution in [3.8, 4) is 11.1 Å². The summed E-state index contributed by atoms with van der Waals surface area (Å²) >= 11 is 0. The summed E-state index contributed by atoms with van der Waals surface area (Å²) < 4.78 is 44.2. The Morgan fingerprint density at radius 2 is 1.76 bits per heavy atom. The van der Waals surface area contributed by atoms with E-state index < -0.39 is 12.6 Å². The molecule has 0 aliphatic carbocycles. The van der Waals surface area contributed by atoms with Crippen LogP contribution in [0.3, 0.4) is 0 Å². The first-order chi connectivity index (χ1) is 11.7. The normalized spacial score (nSPS) is 11.9. The number of ether oxygens (including phenoxy) is 1. The molecular weight excluding hydrogens is 331 g/mol. The van der Waals surface area contributed by atoms with Gasteiger partial charge in [-0.2, -0.15) is 13.2 Å². The van der Waals surface area contributed by atoms with Crippen molar-refractivity contribution in [2.45, 2.75) is 33.0 Å². The Bertz CT molecular complexity index is 734. The highest BCUT2D eigenvalue weighted by Gasteiger charge is 2.27. The Hall–Kier alpha value is -2.08. The largest absolute Gasteiger partial charge is 0.393 e. The minimum Gasteiger partial charge on any atom is -0.379 e. The lowest BCUT2D eigenvalue weighted by Crippen LogP contribution is -2.21. The molecule has 25 heavy (non-hydrogen) atoms. The molecule has 1 aromatic heterocycles. The second kappa shape index (κ2) is 8.34. The molecule has 1 aromatic carbocycles. The predicted octanol–water partition coefficient (Wildman–Crippen LogP) is 4.29. The van der Waals surface area contributed by atoms with Crippen molar-refractivity contribution in [3.63, 3.8) is 0 Å². The van der Waals surface area contributed by atoms with Crippen LogP contribution in [0.2, 0.25) is 0 Å². The topological polar surface area (TPSA) is 31.2 Å². The van der Waals surface area contributed by atoms with Crippen LogP contribution in [0.5, 0.6) is 0 Å². The Kier molecular flexibility index (Phi) is 6.42. The molecule has 136 valence electrons. The van der Waals surface area contributed by atoms with Crippen LogP contribution in [0, 0.1) is 5.92 Å². The molecule has 1 heterocycles. The van der Waals surface area contributed by atoms with E-state index in [1.165, 1.54) is 18.2 Å². The molecule has 0 aliphatic heterocycles. The van der Waals surface area contributed by atoms with Crippen LogP contribution in [-0.4, -0.2) is 24.0 Å². The molecule has 0 aliphatic rings. The van der Waals surface area contributed by atoms with Gasteiger partial charge in [0.2, 0.25) is 0 Å². The van der Waals surface area contributed by atoms with E-state index in [1.807, 2.05) is 0 Å². The summed E-state index contributed by atoms with van der Waals surface area (Å²) in [6.07, 6.45) is -3.50. The summed E-state index contributed by atoms with van der Waals surface area (Å²) in [7, 11) is 0. The van der Waals surface area contributed by atoms with Crippen molar-refractivity contribution < 1.29 is 17.9 Å². The summed E-state index contributed by atoms with van der Waals surface area (Å²) in [6, 6.07) is 9.35. The minimum atomic E-state index is -4.22. The van der Waals surface area contributed by atoms with Gasteiger partial charge in [0.15, 0.2) is 0 Å². The third kappa shape index (κ3) is 6.38. The molecular formula is C19H22F3NO2. The highest BCUT2D eigenvalue weighted by atomic mass is 19.4. The molecule has 0 unspecified atom stereocenters. The maximum atomic E-state index is 12.4. The van der Waals surface area contributed by atoms with Crippen molar-refractivity contribution in [2.24, 2.45) is 5.92 Å². The Morgan fingerprint density at radius 1 is 1.08 bits per heavy atom. The number of nitrogens with zero attached hydrogens (tertiary/aromatic N) is 1. The molecule has 2 rings (SSSR count). The van der Waals surface area contributed by atoms with Gasteiger partial charge in [-0.3, -0.25) is 4.79 Å². The SMILES string of the molecule is CC(C)COCCn1ccc(-c2ccc(CC(F)(F)F)cc2)cc1=O. The van der Waals surface area contributed by atoms with Crippen LogP contribution in [0.1, 0.15) is 19.4 Å². The lowest BCUT2D eigenvalue weighted by molar-refractivity contribution is -0.127. The Morgan fingerprint density at radius 3 is 2.32 bits per heavy atom. The molecule has 3 nitrogen and oxygen atoms in total. The molecule has 0 atom stereocenters. The van der Waals surface area contributed by atoms with Gasteiger partial charge in [-0.15, -0.1) is 0 Å². The van der Waals surface area contributed by atoms with Crippen molar-refractivity contribution in [2.75, 3.05) is 13.2 Å². The summed E-state index contributed by atoms with van der Waals surface area (Å²) in [5.41, 5.74) is 1.44. The van der Waals surface area contributed by atoms with Gasteiger partial charge in [0, 0.05) is 25.4 Å². The summed E-state index contributed by atoms with van der Waals surface area (Å²) in [4.78, 5) is 12.2. The molecule has 0 fully saturated rings. The molecule has 0 bridgehead atoms. The van der Waals surface area contributed by atoms with Gasteiger partial charge in [-0.25, -0.2) is 0 Å². The van der Waals surface area contributed by atoms with E-state index in [4.69, 9.17) is 4.74 Å². The van der Waals surface area contributed by atoms with E-state index in [9.17, 15) is 18.0 Å². The summed E-state index contributed by atoms with van der Waals surface area (Å²) in [5.74, 6) is 0.444. The maximum absolute atomic E-state index is 12.4. The van der Waals surface area contributed by atoms with Crippen LogP contribution in [0.4, 0.5) is 13.2 Å². The monoisotopic (exact) mass is 353 g/mol. The average Bonchev–Trinajstić information content (AvgIpc) is 2.51. The number of benzene rings is 1. The van der Waals surface area contributed by atoms with E-state index in [0.29, 0.717) is 36.8 Å². The third-order valence-electron chi connectivity index (χ3n) is 3.62. The molecule has 2 aromatic rings. The zero-order chi connectivity index (χ0) is 18.4. The minimum absolute atomic E-state index is 0.162. The number of hydrogen-bond donors (Lipinski definition) is 0. The quantitative estimate of drug-likeness (QED) is 0.695. The zero-order valence-corrected chi connectivity index (χ0v) is 14.3. The van der Waals surface area contributed by atoms with Gasteiger partial charge < -0.3 is 9.30 Å². The number of pyridine rings is 1. The second-order valence-electron chi connectivity index (χ2n) is 6.40. The smallest absolute Gasteiger partial charge is 0.379 e. The summed E-state index contributed by atoms with van der Waals surface area (Å²) in [6.45, 7) is 5.69. The van der Waals surface area contributed by atoms with Crippen molar-refractivity contribution in [1.82, 2.24) is 4.57 Å². The number of aromatic nitrogens is 1. The van der Waals surface area contributed by atoms with Gasteiger partial charge >= 0.3 is 6.18 Å². The molecule has 0 spiro atoms. The van der Waals surface area contributed by atoms with Crippen molar-refractivity contribution in [1.29, 1.82) is 0 Å². The van der Waals surface area contributed by atoms with Crippen LogP contribution in [-0.2, 0) is 17.7 Å². The zero-order valence-electron chi connectivity index (χ0n) is 14.3. The van der Waals surface area contributed by atoms with Crippen LogP contribution in [0.25, 0.3) is 11.1 Å². The lowest BCUT2D eigenvalue weighted by Gasteiger charge is -2.10. The fraction of sp³-hybridized carbons (Fsp3) is 0.421. The van der Waals surface area contributed by atoms with Crippen LogP contribution >= 0.6 is 0 Å². The van der Waals surface area contributed by atoms with Gasteiger partial charge in [0.1, 0.15) is 0 Å². The molecule has 0 saturated heterocycles. The number of alkyl halides is 3. The van der Waals surface area contributed by atoms with E-state index in [0.717, 1.165) is 0 Å². The third-order valence-corrected chi connectivity index (χ3v) is 3.62. The van der Waals surface area contributed by atoms with Gasteiger partial charge in [0.05, 0.1) is 13.0 Å². The first-order valence-corrected chi connectivity index (χ1v) is 8.19. The average molecular weight is 353 g/mol. The molecule has 6 heteroatoms. The fourth-order valence-electron chi connectivity index (χ4n) is 2.40. The molecule has 0 N–H and O–H groups in total. The van der Waals surface area contributed by atoms with E-state index >= 15 is 0 Å². The van der Waals surface area contributed by atoms with E-state index in [1.54, 1.807) is 29.0 Å². The van der Waals surface area contributed by atoms with E-state index in [2.05, 4.69) is 13.8 Å². The first kappa shape index (κ1) is 19.2. The summed E-state index contributed by atoms with van der Waals surface area (Å²) in [5, 5.41) is 0. The Balaban J connectivity index is 2.03. The van der Waals surface area contributed by atoms with Crippen LogP contribution in [0.15, 0.2) is 47.4 Å². The van der Waals surface area contributed by atoms with E-state index in [-0.39, 0.29) is 11.1 Å². The van der Waals surface area contributed by atoms with Gasteiger partial charge in [-0.1, -0.05) is 38.1 Å². The van der Waals surface area contributed by atoms with Gasteiger partial charge in [-0.05, 0) is 28.7 Å². The van der Waals surface area contributed by atoms with Crippen LogP contribution < -0.4 is 5.56 Å². The Labute approximate surface area is 145 Å². The lowest BCUT2D eigenvalue weighted by atomic mass is 10.0. The van der Waals surface area contributed by atoms with Crippen molar-refractivity contribution >= 4 is 0 Å². The maximum Gasteiger partial charge on any atom is 0.393 e.